The minimum atomic E-state index is -1.04. The van der Waals surface area contributed by atoms with Crippen LogP contribution in [-0.4, -0.2) is 40.1 Å². The summed E-state index contributed by atoms with van der Waals surface area (Å²) in [6, 6.07) is -0.105. The minimum absolute atomic E-state index is 0.0288. The molecule has 1 aliphatic rings. The second-order valence-electron chi connectivity index (χ2n) is 4.93. The topological polar surface area (TPSA) is 82.5 Å². The third-order valence-electron chi connectivity index (χ3n) is 3.53. The smallest absolute Gasteiger partial charge is 0.355 e. The van der Waals surface area contributed by atoms with Gasteiger partial charge in [0.25, 0.3) is 0 Å². The van der Waals surface area contributed by atoms with E-state index in [9.17, 15) is 9.59 Å². The Bertz CT molecular complexity index is 485. The predicted molar refractivity (Wildman–Crippen MR) is 75.9 cm³/mol. The lowest BCUT2D eigenvalue weighted by Crippen LogP contribution is -2.43. The van der Waals surface area contributed by atoms with Gasteiger partial charge < -0.3 is 15.3 Å². The number of carbonyl (C=O) groups is 2. The van der Waals surface area contributed by atoms with Crippen LogP contribution >= 0.6 is 11.3 Å². The number of carboxylic acids is 1. The molecule has 2 rings (SSSR count). The SMILES string of the molecule is CCN(CC1CCC1)C(=O)NCc1nc(C(=O)O)cs1. The quantitative estimate of drug-likeness (QED) is 0.843. The molecular formula is C13H19N3O3S. The van der Waals surface area contributed by atoms with Crippen molar-refractivity contribution in [2.45, 2.75) is 32.7 Å². The number of aromatic carboxylic acids is 1. The van der Waals surface area contributed by atoms with Crippen molar-refractivity contribution in [1.29, 1.82) is 0 Å². The Morgan fingerprint density at radius 1 is 1.55 bits per heavy atom. The molecule has 0 aromatic carbocycles. The van der Waals surface area contributed by atoms with Crippen LogP contribution in [0.1, 0.15) is 41.7 Å². The van der Waals surface area contributed by atoms with Gasteiger partial charge in [0, 0.05) is 18.5 Å². The average molecular weight is 297 g/mol. The van der Waals surface area contributed by atoms with Gasteiger partial charge in [-0.1, -0.05) is 6.42 Å². The molecular weight excluding hydrogens is 278 g/mol. The summed E-state index contributed by atoms with van der Waals surface area (Å²) >= 11 is 1.24. The van der Waals surface area contributed by atoms with Gasteiger partial charge in [0.2, 0.25) is 0 Å². The van der Waals surface area contributed by atoms with E-state index in [-0.39, 0.29) is 18.3 Å². The Hall–Kier alpha value is -1.63. The van der Waals surface area contributed by atoms with Gasteiger partial charge in [0.1, 0.15) is 5.01 Å². The van der Waals surface area contributed by atoms with Crippen LogP contribution in [0.4, 0.5) is 4.79 Å². The zero-order chi connectivity index (χ0) is 14.5. The highest BCUT2D eigenvalue weighted by Gasteiger charge is 2.22. The molecule has 0 saturated heterocycles. The maximum Gasteiger partial charge on any atom is 0.355 e. The largest absolute Gasteiger partial charge is 0.476 e. The van der Waals surface area contributed by atoms with E-state index in [0.29, 0.717) is 17.5 Å². The highest BCUT2D eigenvalue weighted by molar-refractivity contribution is 7.09. The summed E-state index contributed by atoms with van der Waals surface area (Å²) in [6.45, 7) is 3.73. The molecule has 1 saturated carbocycles. The van der Waals surface area contributed by atoms with Crippen LogP contribution < -0.4 is 5.32 Å². The number of carbonyl (C=O) groups excluding carboxylic acids is 1. The summed E-state index contributed by atoms with van der Waals surface area (Å²) in [5.74, 6) is -0.404. The molecule has 1 heterocycles. The number of urea groups is 1. The molecule has 1 aromatic rings. The summed E-state index contributed by atoms with van der Waals surface area (Å²) in [4.78, 5) is 28.5. The van der Waals surface area contributed by atoms with Crippen molar-refractivity contribution in [2.24, 2.45) is 5.92 Å². The third-order valence-corrected chi connectivity index (χ3v) is 4.38. The summed E-state index contributed by atoms with van der Waals surface area (Å²) < 4.78 is 0. The molecule has 110 valence electrons. The average Bonchev–Trinajstić information content (AvgIpc) is 2.84. The molecule has 7 heteroatoms. The van der Waals surface area contributed by atoms with E-state index in [0.717, 1.165) is 6.54 Å². The standard InChI is InChI=1S/C13H19N3O3S/c1-2-16(7-9-4-3-5-9)13(19)14-6-11-15-10(8-20-11)12(17)18/h8-9H,2-7H2,1H3,(H,14,19)(H,17,18). The molecule has 0 radical (unpaired) electrons. The maximum absolute atomic E-state index is 12.0. The Morgan fingerprint density at radius 3 is 2.80 bits per heavy atom. The van der Waals surface area contributed by atoms with Crippen molar-refractivity contribution in [1.82, 2.24) is 15.2 Å². The van der Waals surface area contributed by atoms with Crippen LogP contribution in [-0.2, 0) is 6.54 Å². The summed E-state index contributed by atoms with van der Waals surface area (Å²) in [7, 11) is 0. The Balaban J connectivity index is 1.81. The van der Waals surface area contributed by atoms with E-state index < -0.39 is 5.97 Å². The van der Waals surface area contributed by atoms with E-state index in [2.05, 4.69) is 10.3 Å². The molecule has 20 heavy (non-hydrogen) atoms. The van der Waals surface area contributed by atoms with Gasteiger partial charge in [0.15, 0.2) is 5.69 Å². The number of carboxylic acid groups (broad SMARTS) is 1. The summed E-state index contributed by atoms with van der Waals surface area (Å²) in [5.41, 5.74) is 0.0288. The van der Waals surface area contributed by atoms with Crippen LogP contribution in [0, 0.1) is 5.92 Å². The molecule has 1 fully saturated rings. The lowest BCUT2D eigenvalue weighted by Gasteiger charge is -2.31. The fourth-order valence-electron chi connectivity index (χ4n) is 2.10. The molecule has 0 aliphatic heterocycles. The minimum Gasteiger partial charge on any atom is -0.476 e. The summed E-state index contributed by atoms with van der Waals surface area (Å²) in [6.07, 6.45) is 3.68. The van der Waals surface area contributed by atoms with Crippen LogP contribution in [0.2, 0.25) is 0 Å². The Morgan fingerprint density at radius 2 is 2.30 bits per heavy atom. The van der Waals surface area contributed by atoms with Gasteiger partial charge in [-0.05, 0) is 25.7 Å². The molecule has 0 unspecified atom stereocenters. The van der Waals surface area contributed by atoms with E-state index in [1.165, 1.54) is 36.0 Å². The number of rotatable bonds is 6. The summed E-state index contributed by atoms with van der Waals surface area (Å²) in [5, 5.41) is 13.7. The normalized spacial score (nSPS) is 14.7. The number of thiazole rings is 1. The highest BCUT2D eigenvalue weighted by Crippen LogP contribution is 2.27. The highest BCUT2D eigenvalue weighted by atomic mass is 32.1. The number of hydrogen-bond donors (Lipinski definition) is 2. The van der Waals surface area contributed by atoms with Gasteiger partial charge in [-0.15, -0.1) is 11.3 Å². The van der Waals surface area contributed by atoms with Crippen molar-refractivity contribution >= 4 is 23.3 Å². The van der Waals surface area contributed by atoms with Gasteiger partial charge in [-0.25, -0.2) is 14.6 Å². The molecule has 0 atom stereocenters. The fourth-order valence-corrected chi connectivity index (χ4v) is 2.80. The van der Waals surface area contributed by atoms with Crippen molar-refractivity contribution in [3.05, 3.63) is 16.1 Å². The molecule has 1 aliphatic carbocycles. The maximum atomic E-state index is 12.0. The van der Waals surface area contributed by atoms with Crippen molar-refractivity contribution in [3.8, 4) is 0 Å². The van der Waals surface area contributed by atoms with Crippen molar-refractivity contribution in [2.75, 3.05) is 13.1 Å². The molecule has 6 nitrogen and oxygen atoms in total. The van der Waals surface area contributed by atoms with Crippen LogP contribution in [0.15, 0.2) is 5.38 Å². The number of nitrogens with zero attached hydrogens (tertiary/aromatic N) is 2. The molecule has 2 amide bonds. The number of amides is 2. The van der Waals surface area contributed by atoms with E-state index in [4.69, 9.17) is 5.11 Å². The van der Waals surface area contributed by atoms with E-state index in [1.807, 2.05) is 6.92 Å². The molecule has 1 aromatic heterocycles. The second-order valence-corrected chi connectivity index (χ2v) is 5.87. The first-order chi connectivity index (χ1) is 9.60. The number of nitrogens with one attached hydrogen (secondary N) is 1. The fraction of sp³-hybridized carbons (Fsp3) is 0.615. The number of hydrogen-bond acceptors (Lipinski definition) is 4. The van der Waals surface area contributed by atoms with Gasteiger partial charge in [-0.2, -0.15) is 0 Å². The van der Waals surface area contributed by atoms with Crippen LogP contribution in [0.25, 0.3) is 0 Å². The first-order valence-corrected chi connectivity index (χ1v) is 7.68. The number of aromatic nitrogens is 1. The van der Waals surface area contributed by atoms with E-state index in [1.54, 1.807) is 4.90 Å². The third kappa shape index (κ3) is 3.69. The zero-order valence-electron chi connectivity index (χ0n) is 11.5. The van der Waals surface area contributed by atoms with Gasteiger partial charge in [-0.3, -0.25) is 0 Å². The zero-order valence-corrected chi connectivity index (χ0v) is 12.3. The molecule has 0 spiro atoms. The first-order valence-electron chi connectivity index (χ1n) is 6.80. The van der Waals surface area contributed by atoms with Crippen LogP contribution in [0.5, 0.6) is 0 Å². The van der Waals surface area contributed by atoms with E-state index >= 15 is 0 Å². The first kappa shape index (κ1) is 14.8. The van der Waals surface area contributed by atoms with Crippen LogP contribution in [0.3, 0.4) is 0 Å². The predicted octanol–water partition coefficient (Wildman–Crippen LogP) is 2.17. The molecule has 0 bridgehead atoms. The lowest BCUT2D eigenvalue weighted by atomic mass is 9.85. The molecule has 2 N–H and O–H groups in total. The Labute approximate surface area is 121 Å². The lowest BCUT2D eigenvalue weighted by molar-refractivity contribution is 0.0691. The second kappa shape index (κ2) is 6.69. The van der Waals surface area contributed by atoms with Gasteiger partial charge >= 0.3 is 12.0 Å². The van der Waals surface area contributed by atoms with Crippen molar-refractivity contribution in [3.63, 3.8) is 0 Å². The monoisotopic (exact) mass is 297 g/mol. The van der Waals surface area contributed by atoms with Crippen molar-refractivity contribution < 1.29 is 14.7 Å². The Kier molecular flexibility index (Phi) is 4.94. The van der Waals surface area contributed by atoms with Gasteiger partial charge in [0.05, 0.1) is 6.54 Å².